The van der Waals surface area contributed by atoms with Crippen molar-refractivity contribution >= 4 is 34.3 Å². The summed E-state index contributed by atoms with van der Waals surface area (Å²) < 4.78 is 12.5. The molecule has 0 amide bonds. The second-order valence-electron chi connectivity index (χ2n) is 15.2. The predicted octanol–water partition coefficient (Wildman–Crippen LogP) is 11.5. The predicted molar refractivity (Wildman–Crippen MR) is 221 cm³/mol. The van der Waals surface area contributed by atoms with Crippen molar-refractivity contribution in [3.8, 4) is 16.9 Å². The smallest absolute Gasteiger partial charge is 0.338 e. The number of anilines is 1. The zero-order valence-corrected chi connectivity index (χ0v) is 31.3. The number of ketones is 1. The van der Waals surface area contributed by atoms with Crippen LogP contribution in [0.25, 0.3) is 28.0 Å². The molecule has 1 atom stereocenters. The molecular weight excluding hydrogens is 679 g/mol. The van der Waals surface area contributed by atoms with Gasteiger partial charge in [0, 0.05) is 52.0 Å². The van der Waals surface area contributed by atoms with Gasteiger partial charge >= 0.3 is 5.97 Å². The van der Waals surface area contributed by atoms with Gasteiger partial charge in [0.25, 0.3) is 0 Å². The van der Waals surface area contributed by atoms with Gasteiger partial charge in [0.05, 0.1) is 12.7 Å². The molecule has 3 aliphatic rings. The zero-order valence-electron chi connectivity index (χ0n) is 31.3. The van der Waals surface area contributed by atoms with E-state index in [1.54, 1.807) is 0 Å². The fourth-order valence-corrected chi connectivity index (χ4v) is 8.90. The summed E-state index contributed by atoms with van der Waals surface area (Å²) in [5, 5.41) is 1.75. The molecule has 9 rings (SSSR count). The summed E-state index contributed by atoms with van der Waals surface area (Å²) in [6, 6.07) is 43.2. The van der Waals surface area contributed by atoms with E-state index in [1.807, 2.05) is 66.7 Å². The molecule has 0 N–H and O–H groups in total. The minimum atomic E-state index is -0.920. The number of carbonyl (C=O) groups is 2. The van der Waals surface area contributed by atoms with Crippen LogP contribution in [0.5, 0.6) is 5.75 Å². The monoisotopic (exact) mass is 723 g/mol. The lowest BCUT2D eigenvalue weighted by molar-refractivity contribution is 0.0599. The number of hydrogen-bond acceptors (Lipinski definition) is 5. The molecule has 0 radical (unpaired) electrons. The first kappa shape index (κ1) is 34.8. The highest BCUT2D eigenvalue weighted by Gasteiger charge is 2.39. The molecule has 1 unspecified atom stereocenters. The maximum atomic E-state index is 13.5. The first-order valence-corrected chi connectivity index (χ1v) is 19.7. The normalized spacial score (nSPS) is 18.2. The number of benzene rings is 6. The average Bonchev–Trinajstić information content (AvgIpc) is 3.81. The van der Waals surface area contributed by atoms with E-state index in [2.05, 4.69) is 77.7 Å². The average molecular weight is 724 g/mol. The van der Waals surface area contributed by atoms with Crippen molar-refractivity contribution in [2.75, 3.05) is 25.1 Å². The molecule has 2 heterocycles. The topological polar surface area (TPSA) is 55.8 Å². The van der Waals surface area contributed by atoms with Crippen molar-refractivity contribution < 1.29 is 19.1 Å². The molecule has 6 aromatic carbocycles. The molecule has 0 aromatic heterocycles. The quantitative estimate of drug-likeness (QED) is 0.116. The number of rotatable bonds is 8. The maximum Gasteiger partial charge on any atom is 0.338 e. The largest absolute Gasteiger partial charge is 0.472 e. The fraction of sp³-hybridized carbons (Fsp3) is 0.240. The van der Waals surface area contributed by atoms with Crippen molar-refractivity contribution in [1.29, 1.82) is 0 Å². The molecule has 5 heteroatoms. The van der Waals surface area contributed by atoms with Crippen LogP contribution in [-0.4, -0.2) is 32.0 Å². The number of hydrogen-bond donors (Lipinski definition) is 0. The lowest BCUT2D eigenvalue weighted by Gasteiger charge is -2.37. The molecule has 5 nitrogen and oxygen atoms in total. The van der Waals surface area contributed by atoms with E-state index in [4.69, 9.17) is 9.47 Å². The van der Waals surface area contributed by atoms with Crippen LogP contribution < -0.4 is 9.64 Å². The van der Waals surface area contributed by atoms with E-state index in [1.165, 1.54) is 63.3 Å². The molecule has 0 bridgehead atoms. The van der Waals surface area contributed by atoms with Crippen LogP contribution >= 0.6 is 0 Å². The first-order valence-electron chi connectivity index (χ1n) is 19.7. The highest BCUT2D eigenvalue weighted by atomic mass is 16.5. The van der Waals surface area contributed by atoms with E-state index >= 15 is 0 Å². The third-order valence-electron chi connectivity index (χ3n) is 12.0. The van der Waals surface area contributed by atoms with E-state index in [0.29, 0.717) is 33.9 Å². The lowest BCUT2D eigenvalue weighted by atomic mass is 9.82. The van der Waals surface area contributed by atoms with Crippen LogP contribution in [-0.2, 0) is 10.3 Å². The fourth-order valence-electron chi connectivity index (χ4n) is 8.90. The van der Waals surface area contributed by atoms with Crippen molar-refractivity contribution in [3.63, 3.8) is 0 Å². The Hall–Kier alpha value is -5.94. The molecule has 55 heavy (non-hydrogen) atoms. The third-order valence-corrected chi connectivity index (χ3v) is 12.0. The summed E-state index contributed by atoms with van der Waals surface area (Å²) in [7, 11) is 1.41. The van der Waals surface area contributed by atoms with Gasteiger partial charge in [-0.2, -0.15) is 0 Å². The second kappa shape index (κ2) is 14.7. The van der Waals surface area contributed by atoms with Crippen LogP contribution in [0.1, 0.15) is 99.4 Å². The number of carbonyl (C=O) groups excluding carboxylic acids is 2. The number of ether oxygens (including phenoxy) is 2. The van der Waals surface area contributed by atoms with Crippen molar-refractivity contribution in [2.24, 2.45) is 0 Å². The molecule has 1 aliphatic carbocycles. The van der Waals surface area contributed by atoms with Gasteiger partial charge in [-0.05, 0) is 90.1 Å². The van der Waals surface area contributed by atoms with Crippen LogP contribution in [0, 0.1) is 0 Å². The van der Waals surface area contributed by atoms with Crippen molar-refractivity contribution in [3.05, 3.63) is 172 Å². The molecule has 1 saturated carbocycles. The van der Waals surface area contributed by atoms with Gasteiger partial charge in [-0.1, -0.05) is 122 Å². The van der Waals surface area contributed by atoms with Gasteiger partial charge in [-0.25, -0.2) is 4.79 Å². The molecular formula is C50H45NO4. The minimum absolute atomic E-state index is 0.0207. The lowest BCUT2D eigenvalue weighted by Crippen LogP contribution is -2.34. The summed E-state index contributed by atoms with van der Waals surface area (Å²) >= 11 is 0. The Bertz CT molecular complexity index is 2390. The summed E-state index contributed by atoms with van der Waals surface area (Å²) in [5.74, 6) is 0.843. The highest BCUT2D eigenvalue weighted by molar-refractivity contribution is 6.09. The number of methoxy groups -OCH3 is 1. The molecule has 1 saturated heterocycles. The maximum absolute atomic E-state index is 13.5. The van der Waals surface area contributed by atoms with Crippen molar-refractivity contribution in [2.45, 2.75) is 56.5 Å². The zero-order chi connectivity index (χ0) is 37.4. The number of esters is 1. The van der Waals surface area contributed by atoms with Gasteiger partial charge in [-0.15, -0.1) is 0 Å². The van der Waals surface area contributed by atoms with E-state index < -0.39 is 11.6 Å². The van der Waals surface area contributed by atoms with Crippen LogP contribution in [0.3, 0.4) is 0 Å². The van der Waals surface area contributed by atoms with Crippen LogP contribution in [0.4, 0.5) is 5.69 Å². The molecule has 6 aromatic rings. The van der Waals surface area contributed by atoms with Crippen LogP contribution in [0.2, 0.25) is 0 Å². The Morgan fingerprint density at radius 1 is 0.691 bits per heavy atom. The summed E-state index contributed by atoms with van der Waals surface area (Å²) in [5.41, 5.74) is 8.09. The van der Waals surface area contributed by atoms with E-state index in [-0.39, 0.29) is 5.78 Å². The number of nitrogens with zero attached hydrogens (tertiary/aromatic N) is 1. The van der Waals surface area contributed by atoms with Gasteiger partial charge in [-0.3, -0.25) is 4.79 Å². The standard InChI is InChI=1S/C50H45NO4/c1-54-49(53)46-33-40-32-39(36-16-20-38(21-17-36)47(52)37-18-14-35(15-19-37)34-10-4-2-5-11-34)22-27-44(40)48-45(46)28-29-50(55-48,41-12-6-3-7-13-41)42-23-25-43(26-24-42)51-30-8-9-31-51/h3,6-7,12-29,32-34H,2,4-5,8-11,30-31H2,1H3. The van der Waals surface area contributed by atoms with Gasteiger partial charge in [0.1, 0.15) is 5.75 Å². The molecule has 0 spiro atoms. The van der Waals surface area contributed by atoms with Gasteiger partial charge < -0.3 is 14.4 Å². The van der Waals surface area contributed by atoms with E-state index in [0.717, 1.165) is 46.1 Å². The van der Waals surface area contributed by atoms with E-state index in [9.17, 15) is 9.59 Å². The highest BCUT2D eigenvalue weighted by Crippen LogP contribution is 2.47. The van der Waals surface area contributed by atoms with Crippen molar-refractivity contribution in [1.82, 2.24) is 0 Å². The molecule has 2 aliphatic heterocycles. The molecule has 2 fully saturated rings. The number of fused-ring (bicyclic) bond motifs is 3. The Balaban J connectivity index is 1.05. The summed E-state index contributed by atoms with van der Waals surface area (Å²) in [6.45, 7) is 2.16. The Morgan fingerprint density at radius 3 is 2.04 bits per heavy atom. The second-order valence-corrected chi connectivity index (χ2v) is 15.2. The summed E-state index contributed by atoms with van der Waals surface area (Å²) in [4.78, 5) is 29.2. The molecule has 274 valence electrons. The van der Waals surface area contributed by atoms with Crippen LogP contribution in [0.15, 0.2) is 133 Å². The SMILES string of the molecule is COC(=O)c1cc2cc(-c3ccc(C(=O)c4ccc(C5CCCCC5)cc4)cc3)ccc2c2c1C=CC(c1ccccc1)(c1ccc(N3CCCC3)cc1)O2. The Labute approximate surface area is 323 Å². The van der Waals surface area contributed by atoms with Gasteiger partial charge in [0.2, 0.25) is 0 Å². The Morgan fingerprint density at radius 2 is 1.35 bits per heavy atom. The summed E-state index contributed by atoms with van der Waals surface area (Å²) in [6.07, 6.45) is 12.9. The minimum Gasteiger partial charge on any atom is -0.472 e. The Kier molecular flexibility index (Phi) is 9.31. The van der Waals surface area contributed by atoms with Gasteiger partial charge in [0.15, 0.2) is 11.4 Å². The third kappa shape index (κ3) is 6.52. The first-order chi connectivity index (χ1) is 27.0.